The Morgan fingerprint density at radius 2 is 1.81 bits per heavy atom. The second-order valence-electron chi connectivity index (χ2n) is 4.54. The summed E-state index contributed by atoms with van der Waals surface area (Å²) in [6.07, 6.45) is 0.548. The van der Waals surface area contributed by atoms with Crippen LogP contribution in [-0.2, 0) is 4.74 Å². The predicted molar refractivity (Wildman–Crippen MR) is 56.3 cm³/mol. The standard InChI is InChI=1S/C11H20F3NO/c1-9-2-4-10(5-3-9)16-7-6-15-8-11(12,13)14/h9-10,15H,2-8H2,1H3. The Kier molecular flexibility index (Phi) is 5.55. The highest BCUT2D eigenvalue weighted by molar-refractivity contribution is 4.70. The van der Waals surface area contributed by atoms with Gasteiger partial charge in [0.2, 0.25) is 0 Å². The summed E-state index contributed by atoms with van der Waals surface area (Å²) in [6.45, 7) is 1.93. The lowest BCUT2D eigenvalue weighted by molar-refractivity contribution is -0.125. The van der Waals surface area contributed by atoms with E-state index in [-0.39, 0.29) is 12.6 Å². The van der Waals surface area contributed by atoms with Gasteiger partial charge in [-0.05, 0) is 31.6 Å². The molecule has 0 aliphatic heterocycles. The Balaban J connectivity index is 1.95. The minimum absolute atomic E-state index is 0.254. The smallest absolute Gasteiger partial charge is 0.377 e. The molecule has 1 rings (SSSR count). The molecule has 0 radical (unpaired) electrons. The van der Waals surface area contributed by atoms with Crippen LogP contribution in [0.25, 0.3) is 0 Å². The summed E-state index contributed by atoms with van der Waals surface area (Å²) < 4.78 is 40.8. The van der Waals surface area contributed by atoms with Crippen molar-refractivity contribution in [2.45, 2.75) is 44.9 Å². The van der Waals surface area contributed by atoms with Crippen molar-refractivity contribution in [3.8, 4) is 0 Å². The molecule has 16 heavy (non-hydrogen) atoms. The summed E-state index contributed by atoms with van der Waals surface area (Å²) >= 11 is 0. The molecule has 0 aromatic rings. The molecular formula is C11H20F3NO. The van der Waals surface area contributed by atoms with E-state index in [4.69, 9.17) is 4.74 Å². The van der Waals surface area contributed by atoms with Gasteiger partial charge in [-0.1, -0.05) is 6.92 Å². The van der Waals surface area contributed by atoms with Gasteiger partial charge in [0.25, 0.3) is 0 Å². The third kappa shape index (κ3) is 6.33. The van der Waals surface area contributed by atoms with Crippen molar-refractivity contribution in [3.63, 3.8) is 0 Å². The van der Waals surface area contributed by atoms with Crippen LogP contribution >= 0.6 is 0 Å². The SMILES string of the molecule is CC1CCC(OCCNCC(F)(F)F)CC1. The quantitative estimate of drug-likeness (QED) is 0.745. The van der Waals surface area contributed by atoms with Crippen LogP contribution in [0.5, 0.6) is 0 Å². The zero-order valence-corrected chi connectivity index (χ0v) is 9.65. The normalized spacial score (nSPS) is 27.0. The maximum absolute atomic E-state index is 11.8. The molecule has 0 unspecified atom stereocenters. The zero-order valence-electron chi connectivity index (χ0n) is 9.65. The van der Waals surface area contributed by atoms with E-state index in [0.717, 1.165) is 18.8 Å². The summed E-state index contributed by atoms with van der Waals surface area (Å²) in [4.78, 5) is 0. The van der Waals surface area contributed by atoms with Crippen molar-refractivity contribution >= 4 is 0 Å². The van der Waals surface area contributed by atoms with Crippen LogP contribution in [0, 0.1) is 5.92 Å². The Morgan fingerprint density at radius 3 is 2.38 bits per heavy atom. The van der Waals surface area contributed by atoms with E-state index in [2.05, 4.69) is 12.2 Å². The van der Waals surface area contributed by atoms with Crippen LogP contribution in [0.1, 0.15) is 32.6 Å². The van der Waals surface area contributed by atoms with E-state index in [9.17, 15) is 13.2 Å². The van der Waals surface area contributed by atoms with Gasteiger partial charge in [0.1, 0.15) is 0 Å². The number of alkyl halides is 3. The molecule has 0 spiro atoms. The number of nitrogens with one attached hydrogen (secondary N) is 1. The third-order valence-corrected chi connectivity index (χ3v) is 2.92. The molecule has 1 N–H and O–H groups in total. The van der Waals surface area contributed by atoms with Gasteiger partial charge in [-0.25, -0.2) is 0 Å². The summed E-state index contributed by atoms with van der Waals surface area (Å²) in [5.41, 5.74) is 0. The lowest BCUT2D eigenvalue weighted by Crippen LogP contribution is -2.32. The average molecular weight is 239 g/mol. The molecule has 1 saturated carbocycles. The molecule has 0 amide bonds. The first kappa shape index (κ1) is 13.8. The van der Waals surface area contributed by atoms with Crippen molar-refractivity contribution in [1.82, 2.24) is 5.32 Å². The molecule has 0 aromatic carbocycles. The molecule has 1 aliphatic rings. The molecule has 0 aromatic heterocycles. The van der Waals surface area contributed by atoms with Crippen molar-refractivity contribution < 1.29 is 17.9 Å². The monoisotopic (exact) mass is 239 g/mol. The molecular weight excluding hydrogens is 219 g/mol. The lowest BCUT2D eigenvalue weighted by Gasteiger charge is -2.26. The zero-order chi connectivity index (χ0) is 12.0. The van der Waals surface area contributed by atoms with Crippen LogP contribution in [0.3, 0.4) is 0 Å². The van der Waals surface area contributed by atoms with Crippen LogP contribution in [0.2, 0.25) is 0 Å². The first-order valence-corrected chi connectivity index (χ1v) is 5.86. The first-order valence-electron chi connectivity index (χ1n) is 5.86. The Labute approximate surface area is 94.5 Å². The summed E-state index contributed by atoms with van der Waals surface area (Å²) in [7, 11) is 0. The van der Waals surface area contributed by atoms with E-state index in [1.165, 1.54) is 12.8 Å². The van der Waals surface area contributed by atoms with Crippen molar-refractivity contribution in [2.24, 2.45) is 5.92 Å². The predicted octanol–water partition coefficient (Wildman–Crippen LogP) is 2.73. The fourth-order valence-electron chi connectivity index (χ4n) is 1.92. The molecule has 2 nitrogen and oxygen atoms in total. The van der Waals surface area contributed by atoms with E-state index < -0.39 is 12.7 Å². The number of hydrogen-bond acceptors (Lipinski definition) is 2. The second-order valence-corrected chi connectivity index (χ2v) is 4.54. The van der Waals surface area contributed by atoms with Gasteiger partial charge in [0.05, 0.1) is 19.3 Å². The maximum Gasteiger partial charge on any atom is 0.401 e. The molecule has 0 atom stereocenters. The molecule has 0 saturated heterocycles. The molecule has 0 heterocycles. The second kappa shape index (κ2) is 6.45. The largest absolute Gasteiger partial charge is 0.401 e. The minimum atomic E-state index is -4.12. The van der Waals surface area contributed by atoms with Crippen molar-refractivity contribution in [3.05, 3.63) is 0 Å². The number of halogens is 3. The van der Waals surface area contributed by atoms with Crippen LogP contribution in [-0.4, -0.2) is 32.0 Å². The number of rotatable bonds is 5. The first-order chi connectivity index (χ1) is 7.47. The van der Waals surface area contributed by atoms with Gasteiger partial charge in [-0.3, -0.25) is 0 Å². The number of hydrogen-bond donors (Lipinski definition) is 1. The maximum atomic E-state index is 11.8. The third-order valence-electron chi connectivity index (χ3n) is 2.92. The van der Waals surface area contributed by atoms with E-state index in [1.54, 1.807) is 0 Å². The Hall–Kier alpha value is -0.290. The van der Waals surface area contributed by atoms with Crippen LogP contribution < -0.4 is 5.32 Å². The minimum Gasteiger partial charge on any atom is -0.377 e. The van der Waals surface area contributed by atoms with Gasteiger partial charge in [0.15, 0.2) is 0 Å². The van der Waals surface area contributed by atoms with E-state index >= 15 is 0 Å². The summed E-state index contributed by atoms with van der Waals surface area (Å²) in [5, 5.41) is 2.32. The van der Waals surface area contributed by atoms with Gasteiger partial charge < -0.3 is 10.1 Å². The highest BCUT2D eigenvalue weighted by Gasteiger charge is 2.26. The van der Waals surface area contributed by atoms with Gasteiger partial charge in [0, 0.05) is 6.54 Å². The molecule has 0 bridgehead atoms. The van der Waals surface area contributed by atoms with Crippen LogP contribution in [0.15, 0.2) is 0 Å². The van der Waals surface area contributed by atoms with E-state index in [1.807, 2.05) is 0 Å². The van der Waals surface area contributed by atoms with Crippen LogP contribution in [0.4, 0.5) is 13.2 Å². The highest BCUT2D eigenvalue weighted by atomic mass is 19.4. The fraction of sp³-hybridized carbons (Fsp3) is 1.00. The molecule has 1 fully saturated rings. The Bertz CT molecular complexity index is 188. The Morgan fingerprint density at radius 1 is 1.19 bits per heavy atom. The topological polar surface area (TPSA) is 21.3 Å². The van der Waals surface area contributed by atoms with Gasteiger partial charge >= 0.3 is 6.18 Å². The molecule has 96 valence electrons. The van der Waals surface area contributed by atoms with Crippen molar-refractivity contribution in [1.29, 1.82) is 0 Å². The van der Waals surface area contributed by atoms with Crippen molar-refractivity contribution in [2.75, 3.05) is 19.7 Å². The van der Waals surface area contributed by atoms with Gasteiger partial charge in [-0.15, -0.1) is 0 Å². The average Bonchev–Trinajstić information content (AvgIpc) is 2.19. The summed E-state index contributed by atoms with van der Waals surface area (Å²) in [5.74, 6) is 0.767. The van der Waals surface area contributed by atoms with Gasteiger partial charge in [-0.2, -0.15) is 13.2 Å². The van der Waals surface area contributed by atoms with E-state index in [0.29, 0.717) is 6.61 Å². The summed E-state index contributed by atoms with van der Waals surface area (Å²) in [6, 6.07) is 0. The lowest BCUT2D eigenvalue weighted by atomic mass is 9.89. The number of ether oxygens (including phenoxy) is 1. The molecule has 1 aliphatic carbocycles. The fourth-order valence-corrected chi connectivity index (χ4v) is 1.92. The molecule has 5 heteroatoms. The highest BCUT2D eigenvalue weighted by Crippen LogP contribution is 2.25.